The van der Waals surface area contributed by atoms with Gasteiger partial charge in [-0.05, 0) is 30.3 Å². The van der Waals surface area contributed by atoms with E-state index >= 15 is 0 Å². The summed E-state index contributed by atoms with van der Waals surface area (Å²) in [6.07, 6.45) is 0. The molecule has 0 aliphatic heterocycles. The number of hydrogen-bond donors (Lipinski definition) is 0. The highest BCUT2D eigenvalue weighted by molar-refractivity contribution is 7.25. The van der Waals surface area contributed by atoms with Gasteiger partial charge in [-0.15, -0.1) is 11.3 Å². The molecule has 108 valence electrons. The minimum atomic E-state index is 0.527. The highest BCUT2D eigenvalue weighted by Crippen LogP contribution is 2.32. The zero-order valence-corrected chi connectivity index (χ0v) is 13.0. The Morgan fingerprint density at radius 2 is 1.09 bits per heavy atom. The van der Waals surface area contributed by atoms with E-state index in [2.05, 4.69) is 48.5 Å². The summed E-state index contributed by atoms with van der Waals surface area (Å²) in [5.74, 6) is 0. The summed E-state index contributed by atoms with van der Waals surface area (Å²) in [6.45, 7) is 0. The SMILES string of the molecule is N#Cc1cccc(C#N)c1.c1ccc2c(c1)sc1ccccc12. The first kappa shape index (κ1) is 14.8. The molecule has 0 saturated heterocycles. The smallest absolute Gasteiger partial charge is 0.0992 e. The van der Waals surface area contributed by atoms with Crippen molar-refractivity contribution >= 4 is 31.5 Å². The van der Waals surface area contributed by atoms with E-state index in [4.69, 9.17) is 10.5 Å². The Balaban J connectivity index is 0.000000142. The third-order valence-corrected chi connectivity index (χ3v) is 4.56. The van der Waals surface area contributed by atoms with Crippen LogP contribution in [0.15, 0.2) is 72.8 Å². The maximum absolute atomic E-state index is 8.40. The largest absolute Gasteiger partial charge is 0.192 e. The normalized spacial score (nSPS) is 9.65. The molecule has 2 nitrogen and oxygen atoms in total. The third kappa shape index (κ3) is 3.21. The average molecular weight is 312 g/mol. The third-order valence-electron chi connectivity index (χ3n) is 3.40. The molecule has 0 N–H and O–H groups in total. The van der Waals surface area contributed by atoms with E-state index in [1.165, 1.54) is 20.2 Å². The van der Waals surface area contributed by atoms with E-state index in [1.807, 2.05) is 23.5 Å². The van der Waals surface area contributed by atoms with Gasteiger partial charge in [-0.1, -0.05) is 42.5 Å². The first-order valence-corrected chi connectivity index (χ1v) is 7.90. The van der Waals surface area contributed by atoms with Gasteiger partial charge >= 0.3 is 0 Å². The molecule has 0 radical (unpaired) electrons. The van der Waals surface area contributed by atoms with Gasteiger partial charge in [0, 0.05) is 20.2 Å². The maximum atomic E-state index is 8.40. The van der Waals surface area contributed by atoms with Gasteiger partial charge in [0.25, 0.3) is 0 Å². The van der Waals surface area contributed by atoms with E-state index in [0.717, 1.165) is 0 Å². The van der Waals surface area contributed by atoms with Crippen LogP contribution in [-0.4, -0.2) is 0 Å². The number of nitriles is 2. The Bertz CT molecular complexity index is 969. The lowest BCUT2D eigenvalue weighted by Gasteiger charge is -1.88. The molecule has 3 aromatic carbocycles. The van der Waals surface area contributed by atoms with Gasteiger partial charge in [0.2, 0.25) is 0 Å². The summed E-state index contributed by atoms with van der Waals surface area (Å²) in [6, 6.07) is 27.6. The van der Waals surface area contributed by atoms with Gasteiger partial charge in [-0.3, -0.25) is 0 Å². The van der Waals surface area contributed by atoms with Crippen molar-refractivity contribution in [2.75, 3.05) is 0 Å². The fourth-order valence-electron chi connectivity index (χ4n) is 2.33. The van der Waals surface area contributed by atoms with Crippen LogP contribution < -0.4 is 0 Å². The quantitative estimate of drug-likeness (QED) is 0.431. The number of benzene rings is 3. The number of rotatable bonds is 0. The molecule has 0 spiro atoms. The molecule has 0 aliphatic rings. The van der Waals surface area contributed by atoms with Gasteiger partial charge in [-0.2, -0.15) is 10.5 Å². The molecular weight excluding hydrogens is 300 g/mol. The number of fused-ring (bicyclic) bond motifs is 3. The molecule has 3 heteroatoms. The van der Waals surface area contributed by atoms with Gasteiger partial charge in [0.1, 0.15) is 0 Å². The van der Waals surface area contributed by atoms with Crippen molar-refractivity contribution in [2.45, 2.75) is 0 Å². The van der Waals surface area contributed by atoms with Crippen molar-refractivity contribution in [3.05, 3.63) is 83.9 Å². The van der Waals surface area contributed by atoms with Crippen LogP contribution in [0.25, 0.3) is 20.2 Å². The minimum Gasteiger partial charge on any atom is -0.192 e. The lowest BCUT2D eigenvalue weighted by atomic mass is 10.2. The van der Waals surface area contributed by atoms with E-state index in [-0.39, 0.29) is 0 Å². The van der Waals surface area contributed by atoms with Crippen LogP contribution in [0.2, 0.25) is 0 Å². The van der Waals surface area contributed by atoms with Crippen molar-refractivity contribution in [1.29, 1.82) is 10.5 Å². The first-order chi connectivity index (χ1) is 11.3. The van der Waals surface area contributed by atoms with Crippen molar-refractivity contribution in [2.24, 2.45) is 0 Å². The monoisotopic (exact) mass is 312 g/mol. The molecule has 0 fully saturated rings. The summed E-state index contributed by atoms with van der Waals surface area (Å²) in [4.78, 5) is 0. The average Bonchev–Trinajstić information content (AvgIpc) is 3.01. The zero-order valence-electron chi connectivity index (χ0n) is 12.2. The van der Waals surface area contributed by atoms with Crippen LogP contribution in [0.3, 0.4) is 0 Å². The van der Waals surface area contributed by atoms with Crippen molar-refractivity contribution in [3.63, 3.8) is 0 Å². The molecule has 0 atom stereocenters. The summed E-state index contributed by atoms with van der Waals surface area (Å²) in [5, 5.41) is 19.6. The Morgan fingerprint density at radius 3 is 1.57 bits per heavy atom. The van der Waals surface area contributed by atoms with E-state index in [1.54, 1.807) is 24.3 Å². The van der Waals surface area contributed by atoms with Gasteiger partial charge < -0.3 is 0 Å². The highest BCUT2D eigenvalue weighted by Gasteiger charge is 2.01. The number of nitrogens with zero attached hydrogens (tertiary/aromatic N) is 2. The Hall–Kier alpha value is -3.14. The van der Waals surface area contributed by atoms with Crippen LogP contribution in [0.4, 0.5) is 0 Å². The van der Waals surface area contributed by atoms with Gasteiger partial charge in [-0.25, -0.2) is 0 Å². The molecule has 4 rings (SSSR count). The Kier molecular flexibility index (Phi) is 4.34. The van der Waals surface area contributed by atoms with Crippen LogP contribution >= 0.6 is 11.3 Å². The molecule has 23 heavy (non-hydrogen) atoms. The van der Waals surface area contributed by atoms with E-state index in [0.29, 0.717) is 11.1 Å². The predicted molar refractivity (Wildman–Crippen MR) is 95.2 cm³/mol. The first-order valence-electron chi connectivity index (χ1n) is 7.08. The summed E-state index contributed by atoms with van der Waals surface area (Å²) in [5.41, 5.74) is 1.05. The van der Waals surface area contributed by atoms with Crippen molar-refractivity contribution in [1.82, 2.24) is 0 Å². The van der Waals surface area contributed by atoms with Crippen LogP contribution in [0.1, 0.15) is 11.1 Å². The minimum absolute atomic E-state index is 0.527. The maximum Gasteiger partial charge on any atom is 0.0992 e. The molecule has 0 unspecified atom stereocenters. The molecule has 0 bridgehead atoms. The standard InChI is InChI=1S/C12H8S.C8H4N2/c1-3-7-11-9(5-1)10-6-2-4-8-12(10)13-11;9-5-7-2-1-3-8(4-7)6-10/h1-8H;1-4H. The lowest BCUT2D eigenvalue weighted by molar-refractivity contribution is 1.45. The fraction of sp³-hybridized carbons (Fsp3) is 0. The summed E-state index contributed by atoms with van der Waals surface area (Å²) in [7, 11) is 0. The molecule has 0 amide bonds. The van der Waals surface area contributed by atoms with E-state index in [9.17, 15) is 0 Å². The Morgan fingerprint density at radius 1 is 0.609 bits per heavy atom. The van der Waals surface area contributed by atoms with Gasteiger partial charge in [0.15, 0.2) is 0 Å². The Labute approximate surface area is 138 Å². The lowest BCUT2D eigenvalue weighted by Crippen LogP contribution is -1.75. The molecule has 1 aromatic heterocycles. The second-order valence-electron chi connectivity index (χ2n) is 4.90. The molecule has 0 aliphatic carbocycles. The second kappa shape index (κ2) is 6.75. The predicted octanol–water partition coefficient (Wildman–Crippen LogP) is 5.48. The zero-order chi connectivity index (χ0) is 16.1. The van der Waals surface area contributed by atoms with E-state index < -0.39 is 0 Å². The van der Waals surface area contributed by atoms with Gasteiger partial charge in [0.05, 0.1) is 23.3 Å². The number of thiophene rings is 1. The molecular formula is C20H12N2S. The molecule has 4 aromatic rings. The summed E-state index contributed by atoms with van der Waals surface area (Å²) < 4.78 is 2.76. The topological polar surface area (TPSA) is 47.6 Å². The molecule has 1 heterocycles. The van der Waals surface area contributed by atoms with Crippen LogP contribution in [-0.2, 0) is 0 Å². The van der Waals surface area contributed by atoms with Crippen LogP contribution in [0.5, 0.6) is 0 Å². The van der Waals surface area contributed by atoms with Crippen molar-refractivity contribution in [3.8, 4) is 12.1 Å². The second-order valence-corrected chi connectivity index (χ2v) is 5.98. The fourth-order valence-corrected chi connectivity index (χ4v) is 3.44. The van der Waals surface area contributed by atoms with Crippen LogP contribution in [0, 0.1) is 22.7 Å². The molecule has 0 saturated carbocycles. The number of hydrogen-bond acceptors (Lipinski definition) is 3. The van der Waals surface area contributed by atoms with Crippen molar-refractivity contribution < 1.29 is 0 Å². The highest BCUT2D eigenvalue weighted by atomic mass is 32.1. The summed E-state index contributed by atoms with van der Waals surface area (Å²) >= 11 is 1.86.